The van der Waals surface area contributed by atoms with Gasteiger partial charge in [0.1, 0.15) is 11.0 Å². The second kappa shape index (κ2) is 8.10. The largest absolute Gasteiger partial charge is 0.418 e. The van der Waals surface area contributed by atoms with Gasteiger partial charge in [0.2, 0.25) is 5.91 Å². The van der Waals surface area contributed by atoms with E-state index in [0.717, 1.165) is 28.7 Å². The number of carbonyl (C=O) groups excluding carboxylic acids is 1. The van der Waals surface area contributed by atoms with Gasteiger partial charge in [-0.15, -0.1) is 0 Å². The Morgan fingerprint density at radius 2 is 1.87 bits per heavy atom. The molecule has 2 N–H and O–H groups in total. The highest BCUT2D eigenvalue weighted by molar-refractivity contribution is 7.99. The monoisotopic (exact) mass is 446 g/mol. The zero-order chi connectivity index (χ0) is 22.2. The molecule has 0 radical (unpaired) electrons. The normalized spacial score (nSPS) is 11.9. The predicted octanol–water partition coefficient (Wildman–Crippen LogP) is 4.65. The summed E-state index contributed by atoms with van der Waals surface area (Å²) in [5, 5.41) is 3.40. The SMILES string of the molecule is CCn1c(SCC(=O)Nc2ccccc2C(F)(F)F)nc2c([nH]c3ccccc32)c1=O. The Balaban J connectivity index is 1.61. The molecule has 10 heteroatoms. The van der Waals surface area contributed by atoms with E-state index in [1.807, 2.05) is 24.3 Å². The first-order valence-electron chi connectivity index (χ1n) is 9.39. The molecule has 0 fully saturated rings. The second-order valence-corrected chi connectivity index (χ2v) is 7.66. The lowest BCUT2D eigenvalue weighted by Gasteiger charge is -2.14. The summed E-state index contributed by atoms with van der Waals surface area (Å²) in [6.07, 6.45) is -4.58. The number of nitrogens with zero attached hydrogens (tertiary/aromatic N) is 2. The summed E-state index contributed by atoms with van der Waals surface area (Å²) in [4.78, 5) is 32.9. The number of anilines is 1. The highest BCUT2D eigenvalue weighted by Gasteiger charge is 2.33. The molecule has 0 aliphatic rings. The van der Waals surface area contributed by atoms with Crippen LogP contribution in [0, 0.1) is 0 Å². The molecule has 0 spiro atoms. The van der Waals surface area contributed by atoms with Gasteiger partial charge in [0.05, 0.1) is 17.0 Å². The zero-order valence-corrected chi connectivity index (χ0v) is 17.1. The number of alkyl halides is 3. The van der Waals surface area contributed by atoms with Crippen molar-refractivity contribution >= 4 is 45.3 Å². The molecule has 160 valence electrons. The number of fused-ring (bicyclic) bond motifs is 3. The van der Waals surface area contributed by atoms with Gasteiger partial charge in [-0.25, -0.2) is 4.98 Å². The first-order chi connectivity index (χ1) is 14.8. The summed E-state index contributed by atoms with van der Waals surface area (Å²) >= 11 is 0.998. The van der Waals surface area contributed by atoms with Crippen LogP contribution in [0.5, 0.6) is 0 Å². The number of hydrogen-bond donors (Lipinski definition) is 2. The third-order valence-corrected chi connectivity index (χ3v) is 5.71. The van der Waals surface area contributed by atoms with Gasteiger partial charge in [-0.1, -0.05) is 42.1 Å². The van der Waals surface area contributed by atoms with Crippen molar-refractivity contribution in [2.24, 2.45) is 0 Å². The van der Waals surface area contributed by atoms with E-state index in [1.165, 1.54) is 22.8 Å². The molecule has 2 heterocycles. The van der Waals surface area contributed by atoms with Crippen molar-refractivity contribution in [2.45, 2.75) is 24.8 Å². The number of aromatic amines is 1. The smallest absolute Gasteiger partial charge is 0.349 e. The third-order valence-electron chi connectivity index (χ3n) is 4.73. The lowest BCUT2D eigenvalue weighted by molar-refractivity contribution is -0.137. The molecule has 1 amide bonds. The van der Waals surface area contributed by atoms with Crippen molar-refractivity contribution in [3.05, 3.63) is 64.4 Å². The Kier molecular flexibility index (Phi) is 5.48. The maximum Gasteiger partial charge on any atom is 0.418 e. The van der Waals surface area contributed by atoms with Crippen molar-refractivity contribution < 1.29 is 18.0 Å². The molecular formula is C21H17F3N4O2S. The topological polar surface area (TPSA) is 79.8 Å². The van der Waals surface area contributed by atoms with Crippen LogP contribution in [0.2, 0.25) is 0 Å². The molecule has 0 bridgehead atoms. The number of rotatable bonds is 5. The molecular weight excluding hydrogens is 429 g/mol. The van der Waals surface area contributed by atoms with Crippen molar-refractivity contribution in [1.82, 2.24) is 14.5 Å². The van der Waals surface area contributed by atoms with Gasteiger partial charge in [-0.05, 0) is 25.1 Å². The number of carbonyl (C=O) groups is 1. The Morgan fingerprint density at radius 1 is 1.16 bits per heavy atom. The fraction of sp³-hybridized carbons (Fsp3) is 0.190. The van der Waals surface area contributed by atoms with Gasteiger partial charge >= 0.3 is 6.18 Å². The van der Waals surface area contributed by atoms with Crippen molar-refractivity contribution in [3.8, 4) is 0 Å². The van der Waals surface area contributed by atoms with Gasteiger partial charge in [0, 0.05) is 17.4 Å². The van der Waals surface area contributed by atoms with Crippen molar-refractivity contribution in [1.29, 1.82) is 0 Å². The van der Waals surface area contributed by atoms with Crippen LogP contribution in [0.3, 0.4) is 0 Å². The minimum atomic E-state index is -4.58. The lowest BCUT2D eigenvalue weighted by atomic mass is 10.1. The summed E-state index contributed by atoms with van der Waals surface area (Å²) < 4.78 is 40.8. The molecule has 0 aliphatic heterocycles. The fourth-order valence-electron chi connectivity index (χ4n) is 3.32. The van der Waals surface area contributed by atoms with Gasteiger partial charge in [0.25, 0.3) is 5.56 Å². The van der Waals surface area contributed by atoms with Crippen LogP contribution < -0.4 is 10.9 Å². The maximum atomic E-state index is 13.1. The van der Waals surface area contributed by atoms with Crippen LogP contribution >= 0.6 is 11.8 Å². The molecule has 4 rings (SSSR count). The van der Waals surface area contributed by atoms with Gasteiger partial charge < -0.3 is 10.3 Å². The van der Waals surface area contributed by atoms with E-state index < -0.39 is 17.6 Å². The van der Waals surface area contributed by atoms with E-state index in [2.05, 4.69) is 15.3 Å². The number of amides is 1. The summed E-state index contributed by atoms with van der Waals surface area (Å²) in [6.45, 7) is 2.11. The van der Waals surface area contributed by atoms with Gasteiger partial charge in [0.15, 0.2) is 5.16 Å². The van der Waals surface area contributed by atoms with Gasteiger partial charge in [-0.2, -0.15) is 13.2 Å². The van der Waals surface area contributed by atoms with Crippen molar-refractivity contribution in [3.63, 3.8) is 0 Å². The summed E-state index contributed by atoms with van der Waals surface area (Å²) in [5.74, 6) is -0.829. The first kappa shape index (κ1) is 21.0. The number of halogens is 3. The number of thioether (sulfide) groups is 1. The minimum absolute atomic E-state index is 0.202. The highest BCUT2D eigenvalue weighted by atomic mass is 32.2. The minimum Gasteiger partial charge on any atom is -0.349 e. The lowest BCUT2D eigenvalue weighted by Crippen LogP contribution is -2.23. The molecule has 2 aromatic heterocycles. The third kappa shape index (κ3) is 4.02. The molecule has 4 aromatic rings. The Hall–Kier alpha value is -3.27. The summed E-state index contributed by atoms with van der Waals surface area (Å²) in [5.41, 5.74) is 0.139. The summed E-state index contributed by atoms with van der Waals surface area (Å²) in [7, 11) is 0. The number of H-pyrrole nitrogens is 1. The van der Waals surface area contributed by atoms with E-state index in [9.17, 15) is 22.8 Å². The van der Waals surface area contributed by atoms with Crippen LogP contribution in [0.25, 0.3) is 21.9 Å². The van der Waals surface area contributed by atoms with E-state index in [1.54, 1.807) is 6.92 Å². The molecule has 0 saturated heterocycles. The number of nitrogens with one attached hydrogen (secondary N) is 2. The van der Waals surface area contributed by atoms with Crippen LogP contribution in [0.4, 0.5) is 18.9 Å². The average Bonchev–Trinajstić information content (AvgIpc) is 3.11. The number of hydrogen-bond acceptors (Lipinski definition) is 4. The van der Waals surface area contributed by atoms with E-state index in [-0.39, 0.29) is 17.0 Å². The van der Waals surface area contributed by atoms with Crippen LogP contribution in [0.1, 0.15) is 12.5 Å². The highest BCUT2D eigenvalue weighted by Crippen LogP contribution is 2.34. The molecule has 6 nitrogen and oxygen atoms in total. The van der Waals surface area contributed by atoms with Gasteiger partial charge in [-0.3, -0.25) is 14.2 Å². The van der Waals surface area contributed by atoms with Crippen LogP contribution in [-0.2, 0) is 17.5 Å². The van der Waals surface area contributed by atoms with Crippen molar-refractivity contribution in [2.75, 3.05) is 11.1 Å². The quantitative estimate of drug-likeness (QED) is 0.346. The number of para-hydroxylation sites is 2. The van der Waals surface area contributed by atoms with E-state index in [4.69, 9.17) is 0 Å². The first-order valence-corrected chi connectivity index (χ1v) is 10.4. The standard InChI is InChI=1S/C21H17F3N4O2S/c1-2-28-19(30)18-17(12-7-3-5-9-14(12)26-18)27-20(28)31-11-16(29)25-15-10-6-4-8-13(15)21(22,23)24/h3-10,26H,2,11H2,1H3,(H,25,29). The van der Waals surface area contributed by atoms with Crippen LogP contribution in [-0.4, -0.2) is 26.2 Å². The Labute approximate surface area is 178 Å². The molecule has 0 unspecified atom stereocenters. The maximum absolute atomic E-state index is 13.1. The average molecular weight is 446 g/mol. The number of benzene rings is 2. The number of aromatic nitrogens is 3. The predicted molar refractivity (Wildman–Crippen MR) is 114 cm³/mol. The fourth-order valence-corrected chi connectivity index (χ4v) is 4.18. The van der Waals surface area contributed by atoms with Crippen LogP contribution in [0.15, 0.2) is 58.5 Å². The molecule has 31 heavy (non-hydrogen) atoms. The van der Waals surface area contributed by atoms with E-state index >= 15 is 0 Å². The second-order valence-electron chi connectivity index (χ2n) is 6.72. The molecule has 0 atom stereocenters. The Morgan fingerprint density at radius 3 is 2.61 bits per heavy atom. The van der Waals surface area contributed by atoms with E-state index in [0.29, 0.717) is 22.7 Å². The molecule has 2 aromatic carbocycles. The molecule has 0 aliphatic carbocycles. The summed E-state index contributed by atoms with van der Waals surface area (Å²) in [6, 6.07) is 12.1. The zero-order valence-electron chi connectivity index (χ0n) is 16.3. The molecule has 0 saturated carbocycles. The Bertz CT molecular complexity index is 1340.